The SMILES string of the molecule is O=c1c(NCCCNC2CC2)c(Cl)cnn1CC1CC1. The molecule has 2 aliphatic carbocycles. The lowest BCUT2D eigenvalue weighted by atomic mass is 10.3. The highest BCUT2D eigenvalue weighted by Gasteiger charge is 2.23. The predicted molar refractivity (Wildman–Crippen MR) is 80.4 cm³/mol. The Hall–Kier alpha value is -1.07. The van der Waals surface area contributed by atoms with Gasteiger partial charge in [0.1, 0.15) is 5.69 Å². The van der Waals surface area contributed by atoms with Crippen LogP contribution in [-0.2, 0) is 6.54 Å². The molecule has 6 heteroatoms. The van der Waals surface area contributed by atoms with Crippen molar-refractivity contribution < 1.29 is 0 Å². The number of rotatable bonds is 8. The first kappa shape index (κ1) is 13.9. The minimum atomic E-state index is -0.0976. The maximum absolute atomic E-state index is 12.3. The summed E-state index contributed by atoms with van der Waals surface area (Å²) in [6.07, 6.45) is 7.55. The van der Waals surface area contributed by atoms with Crippen molar-refractivity contribution in [2.24, 2.45) is 5.92 Å². The van der Waals surface area contributed by atoms with Crippen LogP contribution >= 0.6 is 11.6 Å². The van der Waals surface area contributed by atoms with Crippen molar-refractivity contribution in [1.29, 1.82) is 0 Å². The Balaban J connectivity index is 1.54. The van der Waals surface area contributed by atoms with Gasteiger partial charge in [-0.05, 0) is 44.6 Å². The summed E-state index contributed by atoms with van der Waals surface area (Å²) in [5, 5.41) is 11.1. The molecular weight excluding hydrogens is 276 g/mol. The topological polar surface area (TPSA) is 59.0 Å². The number of hydrogen-bond donors (Lipinski definition) is 2. The van der Waals surface area contributed by atoms with Gasteiger partial charge in [-0.25, -0.2) is 4.68 Å². The maximum atomic E-state index is 12.3. The largest absolute Gasteiger partial charge is 0.379 e. The maximum Gasteiger partial charge on any atom is 0.291 e. The third-order valence-electron chi connectivity index (χ3n) is 3.79. The summed E-state index contributed by atoms with van der Waals surface area (Å²) in [5.41, 5.74) is 0.397. The van der Waals surface area contributed by atoms with Crippen molar-refractivity contribution in [3.8, 4) is 0 Å². The van der Waals surface area contributed by atoms with Crippen LogP contribution in [0.1, 0.15) is 32.1 Å². The first-order valence-corrected chi connectivity index (χ1v) is 7.84. The number of halogens is 1. The molecular formula is C14H21ClN4O. The minimum Gasteiger partial charge on any atom is -0.379 e. The summed E-state index contributed by atoms with van der Waals surface area (Å²) in [6.45, 7) is 2.45. The molecule has 0 bridgehead atoms. The lowest BCUT2D eigenvalue weighted by molar-refractivity contribution is 0.534. The summed E-state index contributed by atoms with van der Waals surface area (Å²) in [7, 11) is 0. The molecule has 0 aromatic carbocycles. The van der Waals surface area contributed by atoms with Crippen LogP contribution in [0.4, 0.5) is 5.69 Å². The lowest BCUT2D eigenvalue weighted by Gasteiger charge is -2.10. The molecule has 0 amide bonds. The smallest absolute Gasteiger partial charge is 0.291 e. The standard InChI is InChI=1S/C14H21ClN4O/c15-12-8-18-19(9-10-2-3-10)14(20)13(12)17-7-1-6-16-11-4-5-11/h8,10-11,16-17H,1-7,9H2. The highest BCUT2D eigenvalue weighted by molar-refractivity contribution is 6.32. The van der Waals surface area contributed by atoms with Crippen LogP contribution in [0.3, 0.4) is 0 Å². The first-order chi connectivity index (χ1) is 9.74. The van der Waals surface area contributed by atoms with E-state index in [0.717, 1.165) is 25.6 Å². The van der Waals surface area contributed by atoms with Gasteiger partial charge in [-0.15, -0.1) is 0 Å². The fourth-order valence-electron chi connectivity index (χ4n) is 2.20. The fourth-order valence-corrected chi connectivity index (χ4v) is 2.39. The van der Waals surface area contributed by atoms with E-state index in [1.807, 2.05) is 0 Å². The zero-order valence-electron chi connectivity index (χ0n) is 11.6. The average Bonchev–Trinajstić information content (AvgIpc) is 3.31. The van der Waals surface area contributed by atoms with Gasteiger partial charge in [-0.2, -0.15) is 5.10 Å². The monoisotopic (exact) mass is 296 g/mol. The molecule has 5 nitrogen and oxygen atoms in total. The van der Waals surface area contributed by atoms with Crippen LogP contribution in [-0.4, -0.2) is 28.9 Å². The molecule has 2 N–H and O–H groups in total. The van der Waals surface area contributed by atoms with Gasteiger partial charge >= 0.3 is 0 Å². The van der Waals surface area contributed by atoms with Gasteiger partial charge in [0.2, 0.25) is 0 Å². The molecule has 2 saturated carbocycles. The second-order valence-electron chi connectivity index (χ2n) is 5.81. The molecule has 0 aliphatic heterocycles. The van der Waals surface area contributed by atoms with Crippen LogP contribution in [0.2, 0.25) is 5.02 Å². The van der Waals surface area contributed by atoms with E-state index < -0.39 is 0 Å². The molecule has 20 heavy (non-hydrogen) atoms. The van der Waals surface area contributed by atoms with Crippen molar-refractivity contribution in [1.82, 2.24) is 15.1 Å². The zero-order valence-corrected chi connectivity index (χ0v) is 12.3. The molecule has 110 valence electrons. The third kappa shape index (κ3) is 3.73. The van der Waals surface area contributed by atoms with E-state index in [1.54, 1.807) is 6.20 Å². The molecule has 0 spiro atoms. The Bertz CT molecular complexity index is 522. The highest BCUT2D eigenvalue weighted by Crippen LogP contribution is 2.30. The van der Waals surface area contributed by atoms with E-state index in [-0.39, 0.29) is 5.56 Å². The number of anilines is 1. The molecule has 0 saturated heterocycles. The van der Waals surface area contributed by atoms with Crippen LogP contribution in [0, 0.1) is 5.92 Å². The Morgan fingerprint density at radius 3 is 2.80 bits per heavy atom. The molecule has 0 unspecified atom stereocenters. The Morgan fingerprint density at radius 1 is 1.30 bits per heavy atom. The van der Waals surface area contributed by atoms with E-state index >= 15 is 0 Å². The van der Waals surface area contributed by atoms with Crippen LogP contribution < -0.4 is 16.2 Å². The van der Waals surface area contributed by atoms with Crippen molar-refractivity contribution in [2.45, 2.75) is 44.7 Å². The molecule has 1 aromatic rings. The van der Waals surface area contributed by atoms with Crippen LogP contribution in [0.5, 0.6) is 0 Å². The molecule has 0 atom stereocenters. The summed E-state index contributed by atoms with van der Waals surface area (Å²) >= 11 is 6.07. The third-order valence-corrected chi connectivity index (χ3v) is 4.08. The molecule has 2 aliphatic rings. The van der Waals surface area contributed by atoms with Gasteiger partial charge in [0.05, 0.1) is 11.2 Å². The number of hydrogen-bond acceptors (Lipinski definition) is 4. The number of nitrogens with zero attached hydrogens (tertiary/aromatic N) is 2. The van der Waals surface area contributed by atoms with E-state index in [2.05, 4.69) is 15.7 Å². The van der Waals surface area contributed by atoms with Crippen LogP contribution in [0.15, 0.2) is 11.0 Å². The Morgan fingerprint density at radius 2 is 2.10 bits per heavy atom. The van der Waals surface area contributed by atoms with Gasteiger partial charge in [-0.3, -0.25) is 4.79 Å². The second kappa shape index (κ2) is 6.14. The van der Waals surface area contributed by atoms with Gasteiger partial charge in [0.25, 0.3) is 5.56 Å². The molecule has 1 aromatic heterocycles. The minimum absolute atomic E-state index is 0.0976. The van der Waals surface area contributed by atoms with Crippen molar-refractivity contribution in [3.05, 3.63) is 21.6 Å². The Labute approximate surface area is 123 Å². The predicted octanol–water partition coefficient (Wildman–Crippen LogP) is 1.86. The second-order valence-corrected chi connectivity index (χ2v) is 6.21. The lowest BCUT2D eigenvalue weighted by Crippen LogP contribution is -2.28. The highest BCUT2D eigenvalue weighted by atomic mass is 35.5. The Kier molecular flexibility index (Phi) is 4.27. The van der Waals surface area contributed by atoms with E-state index in [0.29, 0.717) is 23.2 Å². The molecule has 0 radical (unpaired) electrons. The molecule has 2 fully saturated rings. The normalized spacial score (nSPS) is 18.2. The van der Waals surface area contributed by atoms with Gasteiger partial charge < -0.3 is 10.6 Å². The summed E-state index contributed by atoms with van der Waals surface area (Å²) < 4.78 is 1.54. The van der Waals surface area contributed by atoms with E-state index in [9.17, 15) is 4.79 Å². The van der Waals surface area contributed by atoms with Gasteiger partial charge in [-0.1, -0.05) is 11.6 Å². The molecule has 3 rings (SSSR count). The number of nitrogens with one attached hydrogen (secondary N) is 2. The van der Waals surface area contributed by atoms with Crippen molar-refractivity contribution in [2.75, 3.05) is 18.4 Å². The molecule has 1 heterocycles. The summed E-state index contributed by atoms with van der Waals surface area (Å²) in [5.74, 6) is 0.622. The number of aromatic nitrogens is 2. The van der Waals surface area contributed by atoms with E-state index in [4.69, 9.17) is 11.6 Å². The average molecular weight is 297 g/mol. The summed E-state index contributed by atoms with van der Waals surface area (Å²) in [6, 6.07) is 0.732. The van der Waals surface area contributed by atoms with Crippen LogP contribution in [0.25, 0.3) is 0 Å². The van der Waals surface area contributed by atoms with Crippen molar-refractivity contribution >= 4 is 17.3 Å². The van der Waals surface area contributed by atoms with E-state index in [1.165, 1.54) is 30.4 Å². The fraction of sp³-hybridized carbons (Fsp3) is 0.714. The van der Waals surface area contributed by atoms with Gasteiger partial charge in [0.15, 0.2) is 0 Å². The van der Waals surface area contributed by atoms with Gasteiger partial charge in [0, 0.05) is 19.1 Å². The zero-order chi connectivity index (χ0) is 13.9. The first-order valence-electron chi connectivity index (χ1n) is 7.47. The van der Waals surface area contributed by atoms with Crippen molar-refractivity contribution in [3.63, 3.8) is 0 Å². The quantitative estimate of drug-likeness (QED) is 0.719. The summed E-state index contributed by atoms with van der Waals surface area (Å²) in [4.78, 5) is 12.3.